The maximum absolute atomic E-state index is 10.9. The van der Waals surface area contributed by atoms with Crippen molar-refractivity contribution in [3.8, 4) is 0 Å². The second-order valence-corrected chi connectivity index (χ2v) is 4.69. The molecule has 0 aromatic heterocycles. The van der Waals surface area contributed by atoms with E-state index in [1.807, 2.05) is 0 Å². The van der Waals surface area contributed by atoms with Gasteiger partial charge >= 0.3 is 5.97 Å². The zero-order valence-electron chi connectivity index (χ0n) is 8.54. The molecule has 2 rings (SSSR count). The molecular formula is C11H19NO2. The van der Waals surface area contributed by atoms with Crippen molar-refractivity contribution in [3.63, 3.8) is 0 Å². The highest BCUT2D eigenvalue weighted by atomic mass is 16.4. The fourth-order valence-electron chi connectivity index (χ4n) is 2.11. The van der Waals surface area contributed by atoms with Gasteiger partial charge in [0.05, 0.1) is 0 Å². The van der Waals surface area contributed by atoms with Crippen LogP contribution in [0.5, 0.6) is 0 Å². The van der Waals surface area contributed by atoms with Crippen LogP contribution in [-0.2, 0) is 4.79 Å². The van der Waals surface area contributed by atoms with E-state index >= 15 is 0 Å². The first-order valence-electron chi connectivity index (χ1n) is 5.73. The Morgan fingerprint density at radius 3 is 2.50 bits per heavy atom. The molecule has 1 unspecified atom stereocenters. The van der Waals surface area contributed by atoms with E-state index < -0.39 is 5.97 Å². The van der Waals surface area contributed by atoms with Crippen molar-refractivity contribution in [3.05, 3.63) is 0 Å². The summed E-state index contributed by atoms with van der Waals surface area (Å²) in [5.74, 6) is 0.617. The molecule has 2 aliphatic carbocycles. The number of carboxylic acids is 1. The normalized spacial score (nSPS) is 24.3. The Balaban J connectivity index is 1.63. The highest BCUT2D eigenvalue weighted by molar-refractivity contribution is 5.74. The van der Waals surface area contributed by atoms with Crippen LogP contribution >= 0.6 is 0 Å². The Hall–Kier alpha value is -0.570. The smallest absolute Gasteiger partial charge is 0.320 e. The lowest BCUT2D eigenvalue weighted by atomic mass is 9.83. The summed E-state index contributed by atoms with van der Waals surface area (Å²) in [5, 5.41) is 12.1. The second-order valence-electron chi connectivity index (χ2n) is 4.69. The van der Waals surface area contributed by atoms with Crippen LogP contribution in [0.3, 0.4) is 0 Å². The lowest BCUT2D eigenvalue weighted by molar-refractivity contribution is -0.140. The van der Waals surface area contributed by atoms with Gasteiger partial charge in [0.1, 0.15) is 6.04 Å². The van der Waals surface area contributed by atoms with E-state index in [-0.39, 0.29) is 6.04 Å². The van der Waals surface area contributed by atoms with E-state index in [1.165, 1.54) is 19.3 Å². The molecule has 0 bridgehead atoms. The topological polar surface area (TPSA) is 49.3 Å². The number of carbonyl (C=O) groups is 1. The lowest BCUT2D eigenvalue weighted by Gasteiger charge is -2.26. The highest BCUT2D eigenvalue weighted by Gasteiger charge is 2.35. The standard InChI is InChI=1S/C11H19NO2/c13-11(14)10(9-4-5-9)12-7-6-8-2-1-3-8/h8-10,12H,1-7H2,(H,13,14). The minimum atomic E-state index is -0.666. The van der Waals surface area contributed by atoms with E-state index in [0.717, 1.165) is 31.7 Å². The molecule has 14 heavy (non-hydrogen) atoms. The second kappa shape index (κ2) is 4.30. The summed E-state index contributed by atoms with van der Waals surface area (Å²) in [5.41, 5.74) is 0. The van der Waals surface area contributed by atoms with Gasteiger partial charge in [-0.3, -0.25) is 4.79 Å². The number of hydrogen-bond acceptors (Lipinski definition) is 2. The Bertz CT molecular complexity index is 209. The first kappa shape index (κ1) is 9.97. The van der Waals surface area contributed by atoms with Crippen LogP contribution in [0.1, 0.15) is 38.5 Å². The summed E-state index contributed by atoms with van der Waals surface area (Å²) in [6.45, 7) is 0.887. The van der Waals surface area contributed by atoms with Crippen LogP contribution in [0, 0.1) is 11.8 Å². The molecule has 0 heterocycles. The highest BCUT2D eigenvalue weighted by Crippen LogP contribution is 2.33. The summed E-state index contributed by atoms with van der Waals surface area (Å²) in [6.07, 6.45) is 7.42. The Morgan fingerprint density at radius 1 is 1.36 bits per heavy atom. The van der Waals surface area contributed by atoms with Gasteiger partial charge in [-0.2, -0.15) is 0 Å². The van der Waals surface area contributed by atoms with Crippen molar-refractivity contribution in [2.75, 3.05) is 6.54 Å². The third-order valence-electron chi connectivity index (χ3n) is 3.50. The molecule has 0 radical (unpaired) electrons. The van der Waals surface area contributed by atoms with E-state index in [9.17, 15) is 4.79 Å². The van der Waals surface area contributed by atoms with Crippen molar-refractivity contribution in [2.24, 2.45) is 11.8 Å². The number of carboxylic acid groups (broad SMARTS) is 1. The minimum absolute atomic E-state index is 0.268. The molecule has 2 aliphatic rings. The minimum Gasteiger partial charge on any atom is -0.480 e. The van der Waals surface area contributed by atoms with E-state index in [1.54, 1.807) is 0 Å². The van der Waals surface area contributed by atoms with Crippen LogP contribution < -0.4 is 5.32 Å². The molecule has 2 N–H and O–H groups in total. The largest absolute Gasteiger partial charge is 0.480 e. The van der Waals surface area contributed by atoms with Crippen LogP contribution in [0.2, 0.25) is 0 Å². The van der Waals surface area contributed by atoms with Crippen LogP contribution in [0.25, 0.3) is 0 Å². The molecule has 1 atom stereocenters. The van der Waals surface area contributed by atoms with Gasteiger partial charge < -0.3 is 10.4 Å². The summed E-state index contributed by atoms with van der Waals surface area (Å²) in [7, 11) is 0. The van der Waals surface area contributed by atoms with Crippen molar-refractivity contribution >= 4 is 5.97 Å². The first-order chi connectivity index (χ1) is 6.77. The van der Waals surface area contributed by atoms with Crippen LogP contribution in [0.15, 0.2) is 0 Å². The molecule has 2 saturated carbocycles. The lowest BCUT2D eigenvalue weighted by Crippen LogP contribution is -2.39. The summed E-state index contributed by atoms with van der Waals surface area (Å²) >= 11 is 0. The molecule has 0 aromatic rings. The average Bonchev–Trinajstić information content (AvgIpc) is 2.83. The van der Waals surface area contributed by atoms with E-state index in [2.05, 4.69) is 5.32 Å². The van der Waals surface area contributed by atoms with E-state index in [4.69, 9.17) is 5.11 Å². The number of aliphatic carboxylic acids is 1. The monoisotopic (exact) mass is 197 g/mol. The van der Waals surface area contributed by atoms with Gasteiger partial charge in [-0.05, 0) is 37.6 Å². The molecule has 0 aromatic carbocycles. The maximum atomic E-state index is 10.9. The Labute approximate surface area is 84.9 Å². The van der Waals surface area contributed by atoms with Crippen molar-refractivity contribution in [2.45, 2.75) is 44.6 Å². The molecule has 3 heteroatoms. The molecule has 0 aliphatic heterocycles. The van der Waals surface area contributed by atoms with Gasteiger partial charge in [0.2, 0.25) is 0 Å². The average molecular weight is 197 g/mol. The third-order valence-corrected chi connectivity index (χ3v) is 3.50. The maximum Gasteiger partial charge on any atom is 0.320 e. The SMILES string of the molecule is O=C(O)C(NCCC1CCC1)C1CC1. The molecule has 2 fully saturated rings. The van der Waals surface area contributed by atoms with Gasteiger partial charge in [0.15, 0.2) is 0 Å². The van der Waals surface area contributed by atoms with Crippen LogP contribution in [-0.4, -0.2) is 23.7 Å². The fraction of sp³-hybridized carbons (Fsp3) is 0.909. The fourth-order valence-corrected chi connectivity index (χ4v) is 2.11. The van der Waals surface area contributed by atoms with Gasteiger partial charge in [-0.25, -0.2) is 0 Å². The molecule has 0 saturated heterocycles. The van der Waals surface area contributed by atoms with Gasteiger partial charge in [-0.15, -0.1) is 0 Å². The van der Waals surface area contributed by atoms with Crippen molar-refractivity contribution in [1.29, 1.82) is 0 Å². The van der Waals surface area contributed by atoms with Crippen molar-refractivity contribution in [1.82, 2.24) is 5.32 Å². The first-order valence-corrected chi connectivity index (χ1v) is 5.73. The van der Waals surface area contributed by atoms with Gasteiger partial charge in [-0.1, -0.05) is 19.3 Å². The predicted molar refractivity (Wildman–Crippen MR) is 54.1 cm³/mol. The van der Waals surface area contributed by atoms with Crippen molar-refractivity contribution < 1.29 is 9.90 Å². The van der Waals surface area contributed by atoms with Gasteiger partial charge in [0, 0.05) is 0 Å². The summed E-state index contributed by atoms with van der Waals surface area (Å²) in [6, 6.07) is -0.268. The number of nitrogens with one attached hydrogen (secondary N) is 1. The Kier molecular flexibility index (Phi) is 3.06. The predicted octanol–water partition coefficient (Wildman–Crippen LogP) is 1.63. The third kappa shape index (κ3) is 2.47. The molecule has 3 nitrogen and oxygen atoms in total. The number of rotatable bonds is 6. The van der Waals surface area contributed by atoms with E-state index in [0.29, 0.717) is 5.92 Å². The zero-order chi connectivity index (χ0) is 9.97. The van der Waals surface area contributed by atoms with Crippen LogP contribution in [0.4, 0.5) is 0 Å². The zero-order valence-corrected chi connectivity index (χ0v) is 8.54. The summed E-state index contributed by atoms with van der Waals surface area (Å²) in [4.78, 5) is 10.9. The quantitative estimate of drug-likeness (QED) is 0.680. The molecule has 80 valence electrons. The van der Waals surface area contributed by atoms with Gasteiger partial charge in [0.25, 0.3) is 0 Å². The molecule has 0 amide bonds. The number of hydrogen-bond donors (Lipinski definition) is 2. The summed E-state index contributed by atoms with van der Waals surface area (Å²) < 4.78 is 0. The molecular weight excluding hydrogens is 178 g/mol. The molecule has 0 spiro atoms. The Morgan fingerprint density at radius 2 is 2.07 bits per heavy atom.